The maximum Gasteiger partial charge on any atom is 0.266 e. The van der Waals surface area contributed by atoms with E-state index < -0.39 is 0 Å². The molecule has 0 radical (unpaired) electrons. The molecule has 1 aliphatic heterocycles. The zero-order valence-corrected chi connectivity index (χ0v) is 16.2. The summed E-state index contributed by atoms with van der Waals surface area (Å²) in [4.78, 5) is 19.7. The van der Waals surface area contributed by atoms with E-state index in [4.69, 9.17) is 14.7 Å². The molecule has 142 valence electrons. The van der Waals surface area contributed by atoms with E-state index in [0.717, 1.165) is 11.3 Å². The van der Waals surface area contributed by atoms with Gasteiger partial charge in [-0.3, -0.25) is 9.69 Å². The topological polar surface area (TPSA) is 74.9 Å². The summed E-state index contributed by atoms with van der Waals surface area (Å²) in [6, 6.07) is 18.7. The maximum atomic E-state index is 12.9. The van der Waals surface area contributed by atoms with Gasteiger partial charge in [0.1, 0.15) is 11.8 Å². The molecule has 0 unspecified atom stereocenters. The van der Waals surface area contributed by atoms with Crippen LogP contribution in [0.2, 0.25) is 0 Å². The average Bonchev–Trinajstić information content (AvgIpc) is 3.01. The number of ether oxygens (including phenoxy) is 2. The number of para-hydroxylation sites is 1. The summed E-state index contributed by atoms with van der Waals surface area (Å²) in [5, 5.41) is 9.20. The SMILES string of the molecule is COCCN1C(=O)C(=Cc2ccc(OCC#N)cc2)SC1=Nc1ccccc1. The van der Waals surface area contributed by atoms with Crippen LogP contribution in [0.3, 0.4) is 0 Å². The van der Waals surface area contributed by atoms with Crippen LogP contribution < -0.4 is 4.74 Å². The lowest BCUT2D eigenvalue weighted by Gasteiger charge is -2.14. The van der Waals surface area contributed by atoms with Crippen LogP contribution in [0, 0.1) is 11.3 Å². The molecule has 1 aliphatic rings. The van der Waals surface area contributed by atoms with Gasteiger partial charge in [-0.1, -0.05) is 30.3 Å². The minimum atomic E-state index is -0.0958. The highest BCUT2D eigenvalue weighted by atomic mass is 32.2. The number of benzene rings is 2. The third-order valence-electron chi connectivity index (χ3n) is 3.87. The molecule has 0 aliphatic carbocycles. The molecule has 7 heteroatoms. The van der Waals surface area contributed by atoms with Crippen molar-refractivity contribution in [3.05, 3.63) is 65.1 Å². The first-order valence-corrected chi connectivity index (χ1v) is 9.47. The minimum Gasteiger partial charge on any atom is -0.479 e. The summed E-state index contributed by atoms with van der Waals surface area (Å²) in [6.45, 7) is 0.868. The van der Waals surface area contributed by atoms with Crippen molar-refractivity contribution in [2.45, 2.75) is 0 Å². The van der Waals surface area contributed by atoms with Crippen LogP contribution in [-0.4, -0.2) is 42.8 Å². The second kappa shape index (κ2) is 9.74. The third-order valence-corrected chi connectivity index (χ3v) is 4.88. The van der Waals surface area contributed by atoms with E-state index in [-0.39, 0.29) is 12.5 Å². The van der Waals surface area contributed by atoms with E-state index in [9.17, 15) is 4.79 Å². The Kier molecular flexibility index (Phi) is 6.84. The predicted octanol–water partition coefficient (Wildman–Crippen LogP) is 3.84. The lowest BCUT2D eigenvalue weighted by atomic mass is 10.2. The number of aliphatic imine (C=N–C) groups is 1. The molecule has 0 saturated carbocycles. The Morgan fingerprint density at radius 2 is 1.93 bits per heavy atom. The molecule has 0 atom stereocenters. The van der Waals surface area contributed by atoms with Gasteiger partial charge in [0.05, 0.1) is 23.7 Å². The zero-order valence-electron chi connectivity index (χ0n) is 15.4. The standard InChI is InChI=1S/C21H19N3O3S/c1-26-14-12-24-20(25)19(28-21(24)23-17-5-3-2-4-6-17)15-16-7-9-18(10-8-16)27-13-11-22/h2-10,15H,12-14H2,1H3. The van der Waals surface area contributed by atoms with Crippen LogP contribution in [0.15, 0.2) is 64.5 Å². The number of rotatable bonds is 7. The summed E-state index contributed by atoms with van der Waals surface area (Å²) in [7, 11) is 1.61. The number of amidine groups is 1. The average molecular weight is 393 g/mol. The first-order valence-electron chi connectivity index (χ1n) is 8.65. The monoisotopic (exact) mass is 393 g/mol. The van der Waals surface area contributed by atoms with Crippen molar-refractivity contribution >= 4 is 34.6 Å². The number of carbonyl (C=O) groups is 1. The molecule has 1 amide bonds. The summed E-state index contributed by atoms with van der Waals surface area (Å²) in [5.41, 5.74) is 1.66. The van der Waals surface area contributed by atoms with Crippen molar-refractivity contribution in [2.24, 2.45) is 4.99 Å². The van der Waals surface area contributed by atoms with Crippen LogP contribution in [0.4, 0.5) is 5.69 Å². The van der Waals surface area contributed by atoms with Crippen molar-refractivity contribution in [3.8, 4) is 11.8 Å². The molecule has 0 bridgehead atoms. The summed E-state index contributed by atoms with van der Waals surface area (Å²) in [5.74, 6) is 0.517. The molecule has 6 nitrogen and oxygen atoms in total. The van der Waals surface area contributed by atoms with Gasteiger partial charge in [0.2, 0.25) is 0 Å². The second-order valence-electron chi connectivity index (χ2n) is 5.81. The van der Waals surface area contributed by atoms with Crippen molar-refractivity contribution in [3.63, 3.8) is 0 Å². The number of carbonyl (C=O) groups excluding carboxylic acids is 1. The predicted molar refractivity (Wildman–Crippen MR) is 110 cm³/mol. The summed E-state index contributed by atoms with van der Waals surface area (Å²) < 4.78 is 10.4. The van der Waals surface area contributed by atoms with Crippen molar-refractivity contribution in [2.75, 3.05) is 26.9 Å². The molecule has 0 aromatic heterocycles. The fourth-order valence-corrected chi connectivity index (χ4v) is 3.54. The fraction of sp³-hybridized carbons (Fsp3) is 0.190. The Labute approximate surface area is 168 Å². The van der Waals surface area contributed by atoms with E-state index in [1.54, 1.807) is 24.1 Å². The normalized spacial score (nSPS) is 16.6. The Hall–Kier alpha value is -3.08. The number of hydrogen-bond donors (Lipinski definition) is 0. The first-order chi connectivity index (χ1) is 13.7. The molecule has 3 rings (SSSR count). The van der Waals surface area contributed by atoms with E-state index in [1.165, 1.54) is 11.8 Å². The molecular weight excluding hydrogens is 374 g/mol. The van der Waals surface area contributed by atoms with Gasteiger partial charge in [0, 0.05) is 7.11 Å². The number of thioether (sulfide) groups is 1. The maximum absolute atomic E-state index is 12.9. The molecule has 1 heterocycles. The molecule has 2 aromatic carbocycles. The van der Waals surface area contributed by atoms with Crippen LogP contribution in [0.25, 0.3) is 6.08 Å². The summed E-state index contributed by atoms with van der Waals surface area (Å²) >= 11 is 1.34. The molecule has 0 N–H and O–H groups in total. The molecule has 1 fully saturated rings. The lowest BCUT2D eigenvalue weighted by molar-refractivity contribution is -0.122. The minimum absolute atomic E-state index is 0.00252. The van der Waals surface area contributed by atoms with Gasteiger partial charge in [0.15, 0.2) is 11.8 Å². The van der Waals surface area contributed by atoms with Gasteiger partial charge in [-0.25, -0.2) is 4.99 Å². The van der Waals surface area contributed by atoms with Crippen LogP contribution in [0.1, 0.15) is 5.56 Å². The number of amides is 1. The van der Waals surface area contributed by atoms with Crippen LogP contribution in [0.5, 0.6) is 5.75 Å². The van der Waals surface area contributed by atoms with Gasteiger partial charge in [-0.2, -0.15) is 5.26 Å². The lowest BCUT2D eigenvalue weighted by Crippen LogP contribution is -2.32. The van der Waals surface area contributed by atoms with Crippen molar-refractivity contribution in [1.29, 1.82) is 5.26 Å². The van der Waals surface area contributed by atoms with E-state index in [1.807, 2.05) is 54.6 Å². The molecular formula is C21H19N3O3S. The van der Waals surface area contributed by atoms with Crippen molar-refractivity contribution < 1.29 is 14.3 Å². The number of hydrogen-bond acceptors (Lipinski definition) is 6. The largest absolute Gasteiger partial charge is 0.479 e. The Bertz CT molecular complexity index is 918. The van der Waals surface area contributed by atoms with E-state index >= 15 is 0 Å². The van der Waals surface area contributed by atoms with Gasteiger partial charge in [-0.05, 0) is 47.7 Å². The number of nitrogens with zero attached hydrogens (tertiary/aromatic N) is 3. The molecule has 2 aromatic rings. The van der Waals surface area contributed by atoms with Gasteiger partial charge >= 0.3 is 0 Å². The van der Waals surface area contributed by atoms with Crippen LogP contribution in [-0.2, 0) is 9.53 Å². The first kappa shape index (κ1) is 19.7. The molecule has 1 saturated heterocycles. The Morgan fingerprint density at radius 1 is 1.18 bits per heavy atom. The third kappa shape index (κ3) is 5.00. The Morgan fingerprint density at radius 3 is 2.61 bits per heavy atom. The van der Waals surface area contributed by atoms with E-state index in [2.05, 4.69) is 4.99 Å². The highest BCUT2D eigenvalue weighted by Gasteiger charge is 2.33. The number of nitriles is 1. The van der Waals surface area contributed by atoms with Gasteiger partial charge in [0.25, 0.3) is 5.91 Å². The zero-order chi connectivity index (χ0) is 19.8. The van der Waals surface area contributed by atoms with E-state index in [0.29, 0.717) is 29.0 Å². The molecule has 28 heavy (non-hydrogen) atoms. The van der Waals surface area contributed by atoms with Gasteiger partial charge < -0.3 is 9.47 Å². The van der Waals surface area contributed by atoms with Gasteiger partial charge in [-0.15, -0.1) is 0 Å². The highest BCUT2D eigenvalue weighted by molar-refractivity contribution is 8.18. The number of methoxy groups -OCH3 is 1. The smallest absolute Gasteiger partial charge is 0.266 e. The molecule has 0 spiro atoms. The second-order valence-corrected chi connectivity index (χ2v) is 6.82. The quantitative estimate of drug-likeness (QED) is 0.668. The highest BCUT2D eigenvalue weighted by Crippen LogP contribution is 2.34. The Balaban J connectivity index is 1.83. The van der Waals surface area contributed by atoms with Crippen LogP contribution >= 0.6 is 11.8 Å². The van der Waals surface area contributed by atoms with Crippen molar-refractivity contribution in [1.82, 2.24) is 4.90 Å². The fourth-order valence-electron chi connectivity index (χ4n) is 2.51. The summed E-state index contributed by atoms with van der Waals surface area (Å²) in [6.07, 6.45) is 1.83.